The van der Waals surface area contributed by atoms with Crippen molar-refractivity contribution in [3.63, 3.8) is 0 Å². The first kappa shape index (κ1) is 27.9. The molecule has 0 aromatic carbocycles. The number of ether oxygens (including phenoxy) is 3. The van der Waals surface area contributed by atoms with Crippen LogP contribution in [-0.2, 0) is 33.4 Å². The van der Waals surface area contributed by atoms with E-state index < -0.39 is 18.0 Å². The quantitative estimate of drug-likeness (QED) is 0.184. The zero-order valence-corrected chi connectivity index (χ0v) is 18.5. The Balaban J connectivity index is 4.42. The third kappa shape index (κ3) is 17.9. The minimum atomic E-state index is -0.992. The average Bonchev–Trinajstić information content (AvgIpc) is 2.70. The molecule has 0 aromatic heterocycles. The van der Waals surface area contributed by atoms with E-state index in [-0.39, 0.29) is 57.3 Å². The van der Waals surface area contributed by atoms with Gasteiger partial charge in [0.15, 0.2) is 6.10 Å². The molecule has 0 saturated carbocycles. The monoisotopic (exact) mass is 430 g/mol. The molecule has 0 saturated heterocycles. The number of hydrogen-bond donors (Lipinski definition) is 1. The van der Waals surface area contributed by atoms with E-state index in [9.17, 15) is 19.2 Å². The fourth-order valence-electron chi connectivity index (χ4n) is 2.65. The minimum Gasteiger partial charge on any atom is -0.481 e. The van der Waals surface area contributed by atoms with Crippen molar-refractivity contribution < 1.29 is 38.5 Å². The molecule has 0 unspecified atom stereocenters. The Hall–Kier alpha value is -2.12. The van der Waals surface area contributed by atoms with E-state index in [0.717, 1.165) is 51.4 Å². The largest absolute Gasteiger partial charge is 0.481 e. The second-order valence-electron chi connectivity index (χ2n) is 7.35. The van der Waals surface area contributed by atoms with E-state index in [1.54, 1.807) is 0 Å². The lowest BCUT2D eigenvalue weighted by molar-refractivity contribution is -0.167. The first-order valence-electron chi connectivity index (χ1n) is 11.1. The third-order valence-electron chi connectivity index (χ3n) is 4.40. The summed E-state index contributed by atoms with van der Waals surface area (Å²) in [6.07, 6.45) is 7.22. The van der Waals surface area contributed by atoms with Gasteiger partial charge in [0.25, 0.3) is 0 Å². The van der Waals surface area contributed by atoms with Gasteiger partial charge in [-0.3, -0.25) is 19.2 Å². The number of carboxylic acids is 1. The molecular formula is C22H38O8. The lowest BCUT2D eigenvalue weighted by Gasteiger charge is -2.18. The molecule has 0 radical (unpaired) electrons. The van der Waals surface area contributed by atoms with Crippen molar-refractivity contribution in [2.75, 3.05) is 13.2 Å². The first-order chi connectivity index (χ1) is 14.4. The molecule has 0 spiro atoms. The van der Waals surface area contributed by atoms with Crippen LogP contribution in [0.25, 0.3) is 0 Å². The fraction of sp³-hybridized carbons (Fsp3) is 0.818. The second-order valence-corrected chi connectivity index (χ2v) is 7.35. The Kier molecular flexibility index (Phi) is 17.5. The predicted octanol–water partition coefficient (Wildman–Crippen LogP) is 4.18. The van der Waals surface area contributed by atoms with Gasteiger partial charge in [-0.15, -0.1) is 0 Å². The highest BCUT2D eigenvalue weighted by Gasteiger charge is 2.19. The summed E-state index contributed by atoms with van der Waals surface area (Å²) in [5.74, 6) is -2.37. The molecule has 30 heavy (non-hydrogen) atoms. The van der Waals surface area contributed by atoms with Crippen molar-refractivity contribution in [1.82, 2.24) is 0 Å². The molecule has 0 aromatic rings. The lowest BCUT2D eigenvalue weighted by Crippen LogP contribution is -2.31. The van der Waals surface area contributed by atoms with Crippen LogP contribution in [0, 0.1) is 0 Å². The van der Waals surface area contributed by atoms with Gasteiger partial charge in [-0.2, -0.15) is 0 Å². The summed E-state index contributed by atoms with van der Waals surface area (Å²) >= 11 is 0. The summed E-state index contributed by atoms with van der Waals surface area (Å²) < 4.78 is 15.6. The van der Waals surface area contributed by atoms with Gasteiger partial charge in [-0.1, -0.05) is 52.4 Å². The molecule has 0 amide bonds. The molecule has 0 rings (SSSR count). The number of rotatable bonds is 19. The average molecular weight is 431 g/mol. The number of unbranched alkanes of at least 4 members (excludes halogenated alkanes) is 6. The van der Waals surface area contributed by atoms with Crippen molar-refractivity contribution >= 4 is 23.9 Å². The summed E-state index contributed by atoms with van der Waals surface area (Å²) in [6, 6.07) is 0. The topological polar surface area (TPSA) is 116 Å². The van der Waals surface area contributed by atoms with Crippen molar-refractivity contribution in [3.05, 3.63) is 0 Å². The molecule has 0 fully saturated rings. The first-order valence-corrected chi connectivity index (χ1v) is 11.1. The highest BCUT2D eigenvalue weighted by molar-refractivity contribution is 5.72. The van der Waals surface area contributed by atoms with Gasteiger partial charge in [0.05, 0.1) is 0 Å². The van der Waals surface area contributed by atoms with Crippen LogP contribution in [0.1, 0.15) is 97.3 Å². The SMILES string of the molecule is CCCCCCC(=O)OCC(COC(=O)CCCCCC)OC(=O)CCCC(=O)O. The Morgan fingerprint density at radius 1 is 0.633 bits per heavy atom. The van der Waals surface area contributed by atoms with Crippen LogP contribution in [0.5, 0.6) is 0 Å². The van der Waals surface area contributed by atoms with Crippen LogP contribution in [0.2, 0.25) is 0 Å². The number of aliphatic carboxylic acids is 1. The molecule has 0 aliphatic carbocycles. The summed E-state index contributed by atoms with van der Waals surface area (Å²) in [7, 11) is 0. The summed E-state index contributed by atoms with van der Waals surface area (Å²) in [5.41, 5.74) is 0. The van der Waals surface area contributed by atoms with Gasteiger partial charge < -0.3 is 19.3 Å². The van der Waals surface area contributed by atoms with Gasteiger partial charge >= 0.3 is 23.9 Å². The van der Waals surface area contributed by atoms with Crippen molar-refractivity contribution in [2.45, 2.75) is 103 Å². The minimum absolute atomic E-state index is 0.0707. The summed E-state index contributed by atoms with van der Waals surface area (Å²) in [4.78, 5) is 46.2. The molecule has 174 valence electrons. The van der Waals surface area contributed by atoms with Crippen molar-refractivity contribution in [1.29, 1.82) is 0 Å². The van der Waals surface area contributed by atoms with Crippen molar-refractivity contribution in [3.8, 4) is 0 Å². The number of carbonyl (C=O) groups excluding carboxylic acids is 3. The zero-order chi connectivity index (χ0) is 22.6. The number of hydrogen-bond acceptors (Lipinski definition) is 7. The predicted molar refractivity (Wildman–Crippen MR) is 111 cm³/mol. The summed E-state index contributed by atoms with van der Waals surface area (Å²) in [5, 5.41) is 8.64. The number of carboxylic acid groups (broad SMARTS) is 1. The van der Waals surface area contributed by atoms with Gasteiger partial charge in [0, 0.05) is 25.7 Å². The van der Waals surface area contributed by atoms with Gasteiger partial charge in [-0.05, 0) is 19.3 Å². The molecule has 0 aliphatic rings. The Morgan fingerprint density at radius 3 is 1.53 bits per heavy atom. The van der Waals surface area contributed by atoms with Crippen LogP contribution in [0.4, 0.5) is 0 Å². The molecule has 1 N–H and O–H groups in total. The van der Waals surface area contributed by atoms with E-state index in [2.05, 4.69) is 13.8 Å². The maximum absolute atomic E-state index is 11.9. The van der Waals surface area contributed by atoms with Crippen LogP contribution >= 0.6 is 0 Å². The number of esters is 3. The van der Waals surface area contributed by atoms with Crippen LogP contribution < -0.4 is 0 Å². The highest BCUT2D eigenvalue weighted by Crippen LogP contribution is 2.08. The van der Waals surface area contributed by atoms with Gasteiger partial charge in [-0.25, -0.2) is 0 Å². The van der Waals surface area contributed by atoms with Gasteiger partial charge in [0.2, 0.25) is 0 Å². The third-order valence-corrected chi connectivity index (χ3v) is 4.40. The maximum Gasteiger partial charge on any atom is 0.306 e. The zero-order valence-electron chi connectivity index (χ0n) is 18.5. The van der Waals surface area contributed by atoms with E-state index in [1.165, 1.54) is 0 Å². The second kappa shape index (κ2) is 18.9. The smallest absolute Gasteiger partial charge is 0.306 e. The normalized spacial score (nSPS) is 10.6. The highest BCUT2D eigenvalue weighted by atomic mass is 16.6. The van der Waals surface area contributed by atoms with Crippen LogP contribution in [0.3, 0.4) is 0 Å². The van der Waals surface area contributed by atoms with E-state index in [4.69, 9.17) is 19.3 Å². The Labute approximate surface area is 179 Å². The molecular weight excluding hydrogens is 392 g/mol. The van der Waals surface area contributed by atoms with Crippen LogP contribution in [0.15, 0.2) is 0 Å². The molecule has 0 heterocycles. The molecule has 0 bridgehead atoms. The Bertz CT molecular complexity index is 475. The van der Waals surface area contributed by atoms with E-state index in [1.807, 2.05) is 0 Å². The summed E-state index contributed by atoms with van der Waals surface area (Å²) in [6.45, 7) is 3.78. The van der Waals surface area contributed by atoms with Crippen LogP contribution in [-0.4, -0.2) is 48.3 Å². The van der Waals surface area contributed by atoms with Crippen molar-refractivity contribution in [2.24, 2.45) is 0 Å². The lowest BCUT2D eigenvalue weighted by atomic mass is 10.1. The maximum atomic E-state index is 11.9. The Morgan fingerprint density at radius 2 is 1.10 bits per heavy atom. The molecule has 8 nitrogen and oxygen atoms in total. The standard InChI is InChI=1S/C22H38O8/c1-3-5-7-9-13-20(25)28-16-18(30-22(27)15-11-12-19(23)24)17-29-21(26)14-10-8-6-4-2/h18H,3-17H2,1-2H3,(H,23,24). The van der Waals surface area contributed by atoms with Gasteiger partial charge in [0.1, 0.15) is 13.2 Å². The van der Waals surface area contributed by atoms with E-state index >= 15 is 0 Å². The number of carbonyl (C=O) groups is 4. The molecule has 0 atom stereocenters. The molecule has 0 aliphatic heterocycles. The van der Waals surface area contributed by atoms with E-state index in [0.29, 0.717) is 0 Å². The molecule has 8 heteroatoms. The fourth-order valence-corrected chi connectivity index (χ4v) is 2.65.